The molecule has 156 valence electrons. The van der Waals surface area contributed by atoms with Gasteiger partial charge in [0.15, 0.2) is 5.13 Å². The average molecular weight is 436 g/mol. The number of nitrogens with zero attached hydrogens (tertiary/aromatic N) is 2. The summed E-state index contributed by atoms with van der Waals surface area (Å²) < 4.78 is 0. The fourth-order valence-corrected chi connectivity index (χ4v) is 5.24. The van der Waals surface area contributed by atoms with E-state index < -0.39 is 5.41 Å². The first kappa shape index (κ1) is 20.2. The summed E-state index contributed by atoms with van der Waals surface area (Å²) in [7, 11) is 0. The highest BCUT2D eigenvalue weighted by Crippen LogP contribution is 2.51. The van der Waals surface area contributed by atoms with Crippen LogP contribution in [0.3, 0.4) is 0 Å². The van der Waals surface area contributed by atoms with Crippen LogP contribution in [0.25, 0.3) is 11.1 Å². The van der Waals surface area contributed by atoms with Gasteiger partial charge in [-0.25, -0.2) is 4.98 Å². The standard InChI is InChI=1S/C27H21N3OS/c1-27(25(31)30-26-29-13-14-32-26)16-22-8-7-18(17-28)15-23(22)24(27)21-11-9-20(10-12-21)19-5-3-2-4-6-19/h2-15,24H,16H2,1H3,(H,29,30,31). The number of aromatic nitrogens is 1. The number of nitriles is 1. The molecule has 5 rings (SSSR count). The summed E-state index contributed by atoms with van der Waals surface area (Å²) in [4.78, 5) is 17.7. The molecule has 0 spiro atoms. The summed E-state index contributed by atoms with van der Waals surface area (Å²) in [6, 6.07) is 26.7. The van der Waals surface area contributed by atoms with Crippen molar-refractivity contribution in [2.45, 2.75) is 19.3 Å². The van der Waals surface area contributed by atoms with Gasteiger partial charge < -0.3 is 5.32 Å². The molecular formula is C27H21N3OS. The predicted molar refractivity (Wildman–Crippen MR) is 127 cm³/mol. The normalized spacial score (nSPS) is 19.2. The van der Waals surface area contributed by atoms with Crippen molar-refractivity contribution in [1.29, 1.82) is 5.26 Å². The van der Waals surface area contributed by atoms with Gasteiger partial charge in [0.1, 0.15) is 0 Å². The number of benzene rings is 3. The molecule has 1 aliphatic rings. The monoisotopic (exact) mass is 435 g/mol. The van der Waals surface area contributed by atoms with Crippen LogP contribution in [0.5, 0.6) is 0 Å². The summed E-state index contributed by atoms with van der Waals surface area (Å²) >= 11 is 1.41. The zero-order valence-electron chi connectivity index (χ0n) is 17.6. The van der Waals surface area contributed by atoms with E-state index in [9.17, 15) is 10.1 Å². The minimum atomic E-state index is -0.698. The Labute approximate surface area is 191 Å². The number of amides is 1. The fourth-order valence-electron chi connectivity index (χ4n) is 4.72. The molecular weight excluding hydrogens is 414 g/mol. The highest BCUT2D eigenvalue weighted by molar-refractivity contribution is 7.13. The Morgan fingerprint density at radius 1 is 1.09 bits per heavy atom. The molecule has 2 atom stereocenters. The molecule has 0 aliphatic heterocycles. The number of fused-ring (bicyclic) bond motifs is 1. The highest BCUT2D eigenvalue weighted by atomic mass is 32.1. The fraction of sp³-hybridized carbons (Fsp3) is 0.148. The van der Waals surface area contributed by atoms with Gasteiger partial charge in [-0.1, -0.05) is 60.7 Å². The molecule has 0 saturated carbocycles. The minimum Gasteiger partial charge on any atom is -0.301 e. The van der Waals surface area contributed by atoms with Crippen LogP contribution in [-0.2, 0) is 11.2 Å². The Kier molecular flexibility index (Phi) is 5.08. The number of carbonyl (C=O) groups is 1. The SMILES string of the molecule is CC1(C(=O)Nc2nccs2)Cc2ccc(C#N)cc2C1c1ccc(-c2ccccc2)cc1. The van der Waals surface area contributed by atoms with E-state index in [2.05, 4.69) is 52.8 Å². The van der Waals surface area contributed by atoms with Gasteiger partial charge in [-0.3, -0.25) is 4.79 Å². The third kappa shape index (κ3) is 3.49. The van der Waals surface area contributed by atoms with E-state index >= 15 is 0 Å². The number of rotatable bonds is 4. The smallest absolute Gasteiger partial charge is 0.233 e. The molecule has 1 aromatic heterocycles. The Bertz CT molecular complexity index is 1310. The molecule has 0 saturated heterocycles. The van der Waals surface area contributed by atoms with Crippen molar-refractivity contribution in [3.8, 4) is 17.2 Å². The Morgan fingerprint density at radius 2 is 1.84 bits per heavy atom. The number of thiazole rings is 1. The van der Waals surface area contributed by atoms with Gasteiger partial charge in [0.25, 0.3) is 0 Å². The molecule has 1 aliphatic carbocycles. The van der Waals surface area contributed by atoms with E-state index in [0.29, 0.717) is 17.1 Å². The van der Waals surface area contributed by atoms with Gasteiger partial charge in [-0.15, -0.1) is 11.3 Å². The van der Waals surface area contributed by atoms with Crippen molar-refractivity contribution in [3.63, 3.8) is 0 Å². The maximum atomic E-state index is 13.5. The molecule has 4 aromatic rings. The number of carbonyl (C=O) groups excluding carboxylic acids is 1. The second kappa shape index (κ2) is 8.07. The number of hydrogen-bond donors (Lipinski definition) is 1. The van der Waals surface area contributed by atoms with Crippen molar-refractivity contribution in [2.24, 2.45) is 5.41 Å². The Hall–Kier alpha value is -3.75. The first-order valence-electron chi connectivity index (χ1n) is 10.5. The van der Waals surface area contributed by atoms with Gasteiger partial charge >= 0.3 is 0 Å². The van der Waals surface area contributed by atoms with E-state index in [1.54, 1.807) is 6.20 Å². The van der Waals surface area contributed by atoms with Crippen LogP contribution in [0, 0.1) is 16.7 Å². The first-order valence-corrected chi connectivity index (χ1v) is 11.4. The number of hydrogen-bond acceptors (Lipinski definition) is 4. The van der Waals surface area contributed by atoms with Crippen molar-refractivity contribution >= 4 is 22.4 Å². The maximum Gasteiger partial charge on any atom is 0.233 e. The maximum absolute atomic E-state index is 13.5. The van der Waals surface area contributed by atoms with E-state index in [1.807, 2.05) is 48.7 Å². The van der Waals surface area contributed by atoms with Crippen LogP contribution in [0.2, 0.25) is 0 Å². The predicted octanol–water partition coefficient (Wildman–Crippen LogP) is 6.01. The molecule has 5 heteroatoms. The number of nitrogens with one attached hydrogen (secondary N) is 1. The van der Waals surface area contributed by atoms with Crippen LogP contribution in [0.15, 0.2) is 84.4 Å². The number of anilines is 1. The highest BCUT2D eigenvalue weighted by Gasteiger charge is 2.49. The van der Waals surface area contributed by atoms with Crippen LogP contribution in [-0.4, -0.2) is 10.9 Å². The largest absolute Gasteiger partial charge is 0.301 e. The van der Waals surface area contributed by atoms with Gasteiger partial charge in [0.05, 0.1) is 17.0 Å². The molecule has 0 bridgehead atoms. The Morgan fingerprint density at radius 3 is 2.53 bits per heavy atom. The summed E-state index contributed by atoms with van der Waals surface area (Å²) in [6.45, 7) is 2.01. The van der Waals surface area contributed by atoms with Crippen molar-refractivity contribution < 1.29 is 4.79 Å². The summed E-state index contributed by atoms with van der Waals surface area (Å²) in [5.41, 5.74) is 5.42. The quantitative estimate of drug-likeness (QED) is 0.427. The van der Waals surface area contributed by atoms with E-state index in [4.69, 9.17) is 0 Å². The third-order valence-electron chi connectivity index (χ3n) is 6.30. The lowest BCUT2D eigenvalue weighted by Crippen LogP contribution is -2.37. The van der Waals surface area contributed by atoms with Crippen LogP contribution in [0.1, 0.15) is 35.1 Å². The minimum absolute atomic E-state index is 0.0562. The molecule has 4 nitrogen and oxygen atoms in total. The lowest BCUT2D eigenvalue weighted by atomic mass is 9.73. The van der Waals surface area contributed by atoms with Crippen molar-refractivity contribution in [3.05, 3.63) is 107 Å². The van der Waals surface area contributed by atoms with E-state index in [1.165, 1.54) is 11.3 Å². The molecule has 32 heavy (non-hydrogen) atoms. The zero-order valence-corrected chi connectivity index (χ0v) is 18.4. The topological polar surface area (TPSA) is 65.8 Å². The average Bonchev–Trinajstić information content (AvgIpc) is 3.45. The molecule has 0 radical (unpaired) electrons. The van der Waals surface area contributed by atoms with Gasteiger partial charge in [-0.2, -0.15) is 5.26 Å². The third-order valence-corrected chi connectivity index (χ3v) is 6.99. The second-order valence-corrected chi connectivity index (χ2v) is 9.23. The molecule has 1 amide bonds. The summed E-state index contributed by atoms with van der Waals surface area (Å²) in [6.07, 6.45) is 2.29. The molecule has 2 unspecified atom stereocenters. The van der Waals surface area contributed by atoms with Crippen LogP contribution in [0.4, 0.5) is 5.13 Å². The van der Waals surface area contributed by atoms with Gasteiger partial charge in [0.2, 0.25) is 5.91 Å². The van der Waals surface area contributed by atoms with Crippen molar-refractivity contribution in [1.82, 2.24) is 4.98 Å². The first-order chi connectivity index (χ1) is 15.6. The van der Waals surface area contributed by atoms with Gasteiger partial charge in [0, 0.05) is 17.5 Å². The zero-order chi connectivity index (χ0) is 22.1. The lowest BCUT2D eigenvalue weighted by molar-refractivity contribution is -0.125. The lowest BCUT2D eigenvalue weighted by Gasteiger charge is -2.31. The summed E-state index contributed by atoms with van der Waals surface area (Å²) in [5.74, 6) is -0.213. The van der Waals surface area contributed by atoms with Crippen LogP contribution < -0.4 is 5.32 Å². The van der Waals surface area contributed by atoms with E-state index in [0.717, 1.165) is 27.8 Å². The van der Waals surface area contributed by atoms with Crippen LogP contribution >= 0.6 is 11.3 Å². The summed E-state index contributed by atoms with van der Waals surface area (Å²) in [5, 5.41) is 14.9. The molecule has 0 fully saturated rings. The molecule has 3 aromatic carbocycles. The van der Waals surface area contributed by atoms with Gasteiger partial charge in [-0.05, 0) is 53.3 Å². The Balaban J connectivity index is 1.57. The molecule has 1 heterocycles. The van der Waals surface area contributed by atoms with Crippen molar-refractivity contribution in [2.75, 3.05) is 5.32 Å². The second-order valence-electron chi connectivity index (χ2n) is 8.33. The van der Waals surface area contributed by atoms with E-state index in [-0.39, 0.29) is 11.8 Å². The molecule has 1 N–H and O–H groups in total.